The number of likely N-dealkylation sites (tertiary alicyclic amines) is 2. The summed E-state index contributed by atoms with van der Waals surface area (Å²) in [6, 6.07) is 11.8. The molecule has 12 nitrogen and oxygen atoms in total. The van der Waals surface area contributed by atoms with Crippen LogP contribution in [-0.2, 0) is 17.6 Å². The van der Waals surface area contributed by atoms with Crippen LogP contribution < -0.4 is 10.6 Å². The van der Waals surface area contributed by atoms with Crippen molar-refractivity contribution in [2.45, 2.75) is 63.6 Å². The number of H-pyrrole nitrogens is 1. The van der Waals surface area contributed by atoms with E-state index >= 15 is 0 Å². The van der Waals surface area contributed by atoms with Crippen molar-refractivity contribution < 1.29 is 14.4 Å². The number of carbonyl (C=O) groups excluding carboxylic acids is 3. The number of piperazine rings is 1. The predicted octanol–water partition coefficient (Wildman–Crippen LogP) is 3.29. The minimum atomic E-state index is -0.677. The van der Waals surface area contributed by atoms with Crippen LogP contribution in [-0.4, -0.2) is 137 Å². The second kappa shape index (κ2) is 14.1. The Kier molecular flexibility index (Phi) is 9.54. The second-order valence-corrected chi connectivity index (χ2v) is 14.1. The summed E-state index contributed by atoms with van der Waals surface area (Å²) in [7, 11) is 2.18. The summed E-state index contributed by atoms with van der Waals surface area (Å²) in [6.45, 7) is 9.07. The molecule has 4 aliphatic heterocycles. The van der Waals surface area contributed by atoms with E-state index in [0.717, 1.165) is 65.9 Å². The second-order valence-electron chi connectivity index (χ2n) is 14.1. The fraction of sp³-hybridized carbons (Fsp3) is 0.556. The van der Waals surface area contributed by atoms with Crippen LogP contribution in [0.25, 0.3) is 10.9 Å². The van der Waals surface area contributed by atoms with Crippen LogP contribution in [0.1, 0.15) is 42.4 Å². The predicted molar refractivity (Wildman–Crippen MR) is 186 cm³/mol. The zero-order chi connectivity index (χ0) is 33.2. The molecule has 48 heavy (non-hydrogen) atoms. The third-order valence-corrected chi connectivity index (χ3v) is 11.0. The van der Waals surface area contributed by atoms with Crippen LogP contribution in [0.15, 0.2) is 42.6 Å². The third kappa shape index (κ3) is 7.00. The van der Waals surface area contributed by atoms with Gasteiger partial charge >= 0.3 is 12.1 Å². The summed E-state index contributed by atoms with van der Waals surface area (Å²) < 4.78 is 0. The molecule has 3 saturated heterocycles. The molecule has 3 aromatic rings. The number of rotatable bonds is 6. The first kappa shape index (κ1) is 32.4. The Morgan fingerprint density at radius 3 is 2.42 bits per heavy atom. The van der Waals surface area contributed by atoms with Gasteiger partial charge in [0.1, 0.15) is 6.04 Å². The molecule has 0 saturated carbocycles. The first-order valence-electron chi connectivity index (χ1n) is 17.7. The first-order valence-corrected chi connectivity index (χ1v) is 17.7. The number of hydrogen-bond donors (Lipinski definition) is 3. The monoisotopic (exact) mass is 655 g/mol. The van der Waals surface area contributed by atoms with Gasteiger partial charge in [0.25, 0.3) is 0 Å². The van der Waals surface area contributed by atoms with Gasteiger partial charge in [0.15, 0.2) is 0 Å². The van der Waals surface area contributed by atoms with E-state index in [-0.39, 0.29) is 24.0 Å². The molecule has 5 heterocycles. The molecule has 3 N–H and O–H groups in total. The van der Waals surface area contributed by atoms with Crippen molar-refractivity contribution in [3.8, 4) is 0 Å². The van der Waals surface area contributed by atoms with Gasteiger partial charge in [-0.25, -0.2) is 9.59 Å². The number of benzene rings is 2. The van der Waals surface area contributed by atoms with E-state index < -0.39 is 6.04 Å². The molecular weight excluding hydrogens is 606 g/mol. The summed E-state index contributed by atoms with van der Waals surface area (Å²) in [4.78, 5) is 51.7. The Hall–Kier alpha value is -4.16. The lowest BCUT2D eigenvalue weighted by Gasteiger charge is -2.43. The van der Waals surface area contributed by atoms with Crippen molar-refractivity contribution >= 4 is 34.6 Å². The number of anilines is 1. The van der Waals surface area contributed by atoms with Crippen molar-refractivity contribution in [2.75, 3.05) is 71.3 Å². The Bertz CT molecular complexity index is 1620. The molecule has 7 rings (SSSR count). The van der Waals surface area contributed by atoms with Crippen LogP contribution in [0.5, 0.6) is 0 Å². The quantitative estimate of drug-likeness (QED) is 0.375. The lowest BCUT2D eigenvalue weighted by Crippen LogP contribution is -2.59. The maximum absolute atomic E-state index is 14.2. The minimum Gasteiger partial charge on any atom is -0.338 e. The van der Waals surface area contributed by atoms with E-state index in [9.17, 15) is 14.4 Å². The molecule has 2 aromatic carbocycles. The summed E-state index contributed by atoms with van der Waals surface area (Å²) in [5.74, 6) is -0.0213. The fourth-order valence-corrected chi connectivity index (χ4v) is 8.11. The third-order valence-electron chi connectivity index (χ3n) is 11.0. The van der Waals surface area contributed by atoms with Gasteiger partial charge < -0.3 is 30.2 Å². The number of nitrogens with zero attached hydrogens (tertiary/aromatic N) is 6. The molecule has 256 valence electrons. The smallest absolute Gasteiger partial charge is 0.322 e. The van der Waals surface area contributed by atoms with Crippen molar-refractivity contribution in [2.24, 2.45) is 0 Å². The molecule has 0 bridgehead atoms. The molecular formula is C36H49N9O3. The number of piperidine rings is 2. The molecule has 4 aliphatic rings. The van der Waals surface area contributed by atoms with E-state index in [4.69, 9.17) is 0 Å². The summed E-state index contributed by atoms with van der Waals surface area (Å²) >= 11 is 0. The van der Waals surface area contributed by atoms with Crippen LogP contribution in [0.4, 0.5) is 15.3 Å². The molecule has 0 radical (unpaired) electrons. The molecule has 0 spiro atoms. The van der Waals surface area contributed by atoms with Crippen LogP contribution >= 0.6 is 0 Å². The summed E-state index contributed by atoms with van der Waals surface area (Å²) in [5.41, 5.74) is 5.07. The number of aromatic amines is 1. The number of para-hydroxylation sites is 1. The fourth-order valence-electron chi connectivity index (χ4n) is 8.11. The molecule has 3 fully saturated rings. The average Bonchev–Trinajstić information content (AvgIpc) is 3.52. The SMILES string of the molecule is Cc1cc(CC(NC(=O)N2CCC(N3CCc4ccccc4NC3=O)CC2)C(=O)N2CCN(C3CCN(C)CC3)CC2)cc2cn[nH]c12. The highest BCUT2D eigenvalue weighted by Gasteiger charge is 2.35. The van der Waals surface area contributed by atoms with Gasteiger partial charge in [0, 0.05) is 75.4 Å². The highest BCUT2D eigenvalue weighted by atomic mass is 16.2. The zero-order valence-electron chi connectivity index (χ0n) is 28.3. The first-order chi connectivity index (χ1) is 23.3. The van der Waals surface area contributed by atoms with Gasteiger partial charge in [-0.2, -0.15) is 5.10 Å². The molecule has 1 unspecified atom stereocenters. The Morgan fingerprint density at radius 2 is 1.65 bits per heavy atom. The van der Waals surface area contributed by atoms with Gasteiger partial charge in [0.05, 0.1) is 11.7 Å². The highest BCUT2D eigenvalue weighted by molar-refractivity contribution is 5.91. The zero-order valence-corrected chi connectivity index (χ0v) is 28.3. The Labute approximate surface area is 282 Å². The van der Waals surface area contributed by atoms with E-state index in [1.54, 1.807) is 6.20 Å². The molecule has 1 atom stereocenters. The molecule has 1 aromatic heterocycles. The summed E-state index contributed by atoms with van der Waals surface area (Å²) in [5, 5.41) is 14.5. The number of aromatic nitrogens is 2. The van der Waals surface area contributed by atoms with E-state index in [2.05, 4.69) is 55.9 Å². The summed E-state index contributed by atoms with van der Waals surface area (Å²) in [6.07, 6.45) is 6.76. The largest absolute Gasteiger partial charge is 0.338 e. The van der Waals surface area contributed by atoms with E-state index in [1.165, 1.54) is 12.8 Å². The van der Waals surface area contributed by atoms with Crippen molar-refractivity contribution in [3.63, 3.8) is 0 Å². The number of carbonyl (C=O) groups is 3. The Balaban J connectivity index is 0.996. The van der Waals surface area contributed by atoms with Crippen LogP contribution in [0.2, 0.25) is 0 Å². The van der Waals surface area contributed by atoms with Gasteiger partial charge in [-0.15, -0.1) is 0 Å². The number of amides is 5. The van der Waals surface area contributed by atoms with Gasteiger partial charge in [-0.05, 0) is 88.0 Å². The van der Waals surface area contributed by atoms with E-state index in [1.807, 2.05) is 39.8 Å². The lowest BCUT2D eigenvalue weighted by atomic mass is 9.99. The van der Waals surface area contributed by atoms with Crippen LogP contribution in [0, 0.1) is 6.92 Å². The Morgan fingerprint density at radius 1 is 0.917 bits per heavy atom. The number of urea groups is 2. The number of nitrogens with one attached hydrogen (secondary N) is 3. The molecule has 12 heteroatoms. The normalized spacial score (nSPS) is 21.1. The highest BCUT2D eigenvalue weighted by Crippen LogP contribution is 2.25. The average molecular weight is 656 g/mol. The van der Waals surface area contributed by atoms with Crippen molar-refractivity contribution in [1.82, 2.24) is 40.0 Å². The minimum absolute atomic E-state index is 0.0213. The van der Waals surface area contributed by atoms with Gasteiger partial charge in [-0.3, -0.25) is 14.8 Å². The van der Waals surface area contributed by atoms with Gasteiger partial charge in [0.2, 0.25) is 5.91 Å². The van der Waals surface area contributed by atoms with E-state index in [0.29, 0.717) is 58.0 Å². The maximum Gasteiger partial charge on any atom is 0.322 e. The van der Waals surface area contributed by atoms with Crippen molar-refractivity contribution in [3.05, 3.63) is 59.3 Å². The van der Waals surface area contributed by atoms with Gasteiger partial charge in [-0.1, -0.05) is 24.3 Å². The van der Waals surface area contributed by atoms with Crippen molar-refractivity contribution in [1.29, 1.82) is 0 Å². The topological polar surface area (TPSA) is 120 Å². The standard InChI is InChI=1S/C36H49N9O3/c1-25-21-26(22-28-24-37-40-33(25)28)23-32(34(46)43-19-17-42(18-20-43)29-8-12-41(2)13-9-29)39-35(47)44-14-10-30(11-15-44)45-16-7-27-5-3-4-6-31(27)38-36(45)48/h3-6,21-22,24,29-30,32H,7-20,23H2,1-2H3,(H,37,40)(H,38,48)(H,39,47). The molecule has 5 amide bonds. The maximum atomic E-state index is 14.2. The number of fused-ring (bicyclic) bond motifs is 2. The number of aryl methyl sites for hydroxylation is 1. The number of hydrogen-bond acceptors (Lipinski definition) is 6. The molecule has 0 aliphatic carbocycles. The lowest BCUT2D eigenvalue weighted by molar-refractivity contribution is -0.135. The van der Waals surface area contributed by atoms with Crippen LogP contribution in [0.3, 0.4) is 0 Å².